The van der Waals surface area contributed by atoms with Gasteiger partial charge < -0.3 is 19.7 Å². The van der Waals surface area contributed by atoms with Crippen LogP contribution in [-0.2, 0) is 9.47 Å². The second-order valence-electron chi connectivity index (χ2n) is 2.43. The Morgan fingerprint density at radius 1 is 1.27 bits per heavy atom. The fourth-order valence-electron chi connectivity index (χ4n) is 0.737. The van der Waals surface area contributed by atoms with Gasteiger partial charge in [-0.25, -0.2) is 0 Å². The molecule has 0 aromatic heterocycles. The highest BCUT2D eigenvalue weighted by Gasteiger charge is 2.20. The molecular weight excluding hydrogens is 148 g/mol. The van der Waals surface area contributed by atoms with Crippen LogP contribution < -0.4 is 0 Å². The minimum atomic E-state index is -0.702. The summed E-state index contributed by atoms with van der Waals surface area (Å²) < 4.78 is 9.62. The van der Waals surface area contributed by atoms with Crippen LogP contribution in [0.5, 0.6) is 0 Å². The summed E-state index contributed by atoms with van der Waals surface area (Å²) in [7, 11) is 1.51. The van der Waals surface area contributed by atoms with Crippen molar-refractivity contribution in [3.05, 3.63) is 0 Å². The highest BCUT2D eigenvalue weighted by molar-refractivity contribution is 4.70. The molecule has 0 heterocycles. The van der Waals surface area contributed by atoms with Gasteiger partial charge >= 0.3 is 0 Å². The molecule has 2 unspecified atom stereocenters. The van der Waals surface area contributed by atoms with Gasteiger partial charge in [0.25, 0.3) is 0 Å². The molecule has 3 atom stereocenters. The van der Waals surface area contributed by atoms with Gasteiger partial charge in [-0.05, 0) is 13.8 Å². The van der Waals surface area contributed by atoms with Crippen molar-refractivity contribution in [1.29, 1.82) is 0 Å². The van der Waals surface area contributed by atoms with E-state index in [0.717, 1.165) is 0 Å². The summed E-state index contributed by atoms with van der Waals surface area (Å²) in [5.74, 6) is 0. The lowest BCUT2D eigenvalue weighted by molar-refractivity contribution is -0.123. The van der Waals surface area contributed by atoms with Crippen LogP contribution in [0, 0.1) is 0 Å². The van der Waals surface area contributed by atoms with Gasteiger partial charge in [-0.1, -0.05) is 0 Å². The summed E-state index contributed by atoms with van der Waals surface area (Å²) in [5.41, 5.74) is 0. The monoisotopic (exact) mass is 164 g/mol. The lowest BCUT2D eigenvalue weighted by Gasteiger charge is -2.22. The molecule has 11 heavy (non-hydrogen) atoms. The maximum absolute atomic E-state index is 9.36. The molecule has 0 radical (unpaired) electrons. The zero-order valence-corrected chi connectivity index (χ0v) is 7.15. The van der Waals surface area contributed by atoms with Crippen LogP contribution in [0.15, 0.2) is 0 Å². The molecule has 0 saturated carbocycles. The van der Waals surface area contributed by atoms with E-state index < -0.39 is 12.2 Å². The van der Waals surface area contributed by atoms with Crippen LogP contribution >= 0.6 is 0 Å². The van der Waals surface area contributed by atoms with E-state index in [-0.39, 0.29) is 12.9 Å². The molecular formula is C7H16O4. The number of rotatable bonds is 5. The Morgan fingerprint density at radius 3 is 2.18 bits per heavy atom. The van der Waals surface area contributed by atoms with Crippen molar-refractivity contribution in [2.75, 3.05) is 13.9 Å². The zero-order chi connectivity index (χ0) is 8.85. The van der Waals surface area contributed by atoms with E-state index in [9.17, 15) is 5.11 Å². The standard InChI is InChI=1S/C7H16O4/c1-5(10-3)7(9)6(2)11-4-8/h5-9H,4H2,1-3H3/t5?,6?,7-/m1/s1. The smallest absolute Gasteiger partial charge is 0.144 e. The van der Waals surface area contributed by atoms with Crippen molar-refractivity contribution in [3.8, 4) is 0 Å². The average Bonchev–Trinajstić information content (AvgIpc) is 2.02. The normalized spacial score (nSPS) is 19.4. The van der Waals surface area contributed by atoms with Gasteiger partial charge in [-0.15, -0.1) is 0 Å². The van der Waals surface area contributed by atoms with Crippen LogP contribution in [0.2, 0.25) is 0 Å². The van der Waals surface area contributed by atoms with Gasteiger partial charge in [0, 0.05) is 7.11 Å². The number of hydrogen-bond acceptors (Lipinski definition) is 4. The van der Waals surface area contributed by atoms with Crippen molar-refractivity contribution in [2.24, 2.45) is 0 Å². The van der Waals surface area contributed by atoms with Crippen molar-refractivity contribution in [1.82, 2.24) is 0 Å². The molecule has 0 aromatic rings. The third kappa shape index (κ3) is 3.67. The van der Waals surface area contributed by atoms with Crippen molar-refractivity contribution >= 4 is 0 Å². The SMILES string of the molecule is COC(C)[C@@H](O)C(C)OCO. The van der Waals surface area contributed by atoms with Gasteiger partial charge in [-0.3, -0.25) is 0 Å². The van der Waals surface area contributed by atoms with E-state index in [1.807, 2.05) is 0 Å². The first kappa shape index (κ1) is 10.8. The molecule has 0 aliphatic rings. The molecule has 0 saturated heterocycles. The number of methoxy groups -OCH3 is 1. The van der Waals surface area contributed by atoms with Gasteiger partial charge in [0.1, 0.15) is 12.9 Å². The predicted octanol–water partition coefficient (Wildman–Crippen LogP) is -0.263. The molecule has 4 heteroatoms. The van der Waals surface area contributed by atoms with E-state index in [0.29, 0.717) is 0 Å². The lowest BCUT2D eigenvalue weighted by Crippen LogP contribution is -2.36. The lowest BCUT2D eigenvalue weighted by atomic mass is 10.1. The molecule has 0 spiro atoms. The Hall–Kier alpha value is -0.160. The number of hydrogen-bond donors (Lipinski definition) is 2. The second-order valence-corrected chi connectivity index (χ2v) is 2.43. The molecule has 0 aliphatic carbocycles. The first-order valence-electron chi connectivity index (χ1n) is 3.56. The predicted molar refractivity (Wildman–Crippen MR) is 40.1 cm³/mol. The Labute approximate surface area is 66.7 Å². The largest absolute Gasteiger partial charge is 0.388 e. The van der Waals surface area contributed by atoms with Gasteiger partial charge in [0.05, 0.1) is 12.2 Å². The fourth-order valence-corrected chi connectivity index (χ4v) is 0.737. The van der Waals surface area contributed by atoms with E-state index in [2.05, 4.69) is 0 Å². The molecule has 2 N–H and O–H groups in total. The number of aliphatic hydroxyl groups is 2. The van der Waals surface area contributed by atoms with Crippen LogP contribution in [0.1, 0.15) is 13.8 Å². The molecule has 68 valence electrons. The van der Waals surface area contributed by atoms with E-state index in [4.69, 9.17) is 14.6 Å². The van der Waals surface area contributed by atoms with Crippen LogP contribution in [0.25, 0.3) is 0 Å². The maximum atomic E-state index is 9.36. The van der Waals surface area contributed by atoms with E-state index in [1.165, 1.54) is 7.11 Å². The summed E-state index contributed by atoms with van der Waals surface area (Å²) in [6, 6.07) is 0. The average molecular weight is 164 g/mol. The minimum Gasteiger partial charge on any atom is -0.388 e. The first-order chi connectivity index (χ1) is 5.13. The molecule has 0 aliphatic heterocycles. The molecule has 0 fully saturated rings. The summed E-state index contributed by atoms with van der Waals surface area (Å²) in [5, 5.41) is 17.7. The van der Waals surface area contributed by atoms with Crippen molar-refractivity contribution < 1.29 is 19.7 Å². The quantitative estimate of drug-likeness (QED) is 0.549. The molecule has 0 bridgehead atoms. The summed E-state index contributed by atoms with van der Waals surface area (Å²) >= 11 is 0. The number of ether oxygens (including phenoxy) is 2. The Balaban J connectivity index is 3.70. The Bertz CT molecular complexity index is 96.4. The molecule has 4 nitrogen and oxygen atoms in total. The third-order valence-electron chi connectivity index (χ3n) is 1.67. The summed E-state index contributed by atoms with van der Waals surface area (Å²) in [6.45, 7) is 3.03. The molecule has 0 aromatic carbocycles. The second kappa shape index (κ2) is 5.49. The third-order valence-corrected chi connectivity index (χ3v) is 1.67. The zero-order valence-electron chi connectivity index (χ0n) is 7.15. The summed E-state index contributed by atoms with van der Waals surface area (Å²) in [6.07, 6.45) is -1.39. The van der Waals surface area contributed by atoms with Gasteiger partial charge in [0.15, 0.2) is 0 Å². The highest BCUT2D eigenvalue weighted by Crippen LogP contribution is 2.05. The topological polar surface area (TPSA) is 58.9 Å². The number of aliphatic hydroxyl groups excluding tert-OH is 2. The Kier molecular flexibility index (Phi) is 5.41. The van der Waals surface area contributed by atoms with E-state index >= 15 is 0 Å². The minimum absolute atomic E-state index is 0.281. The van der Waals surface area contributed by atoms with Crippen molar-refractivity contribution in [2.45, 2.75) is 32.2 Å². The van der Waals surface area contributed by atoms with Crippen molar-refractivity contribution in [3.63, 3.8) is 0 Å². The van der Waals surface area contributed by atoms with Crippen LogP contribution in [0.3, 0.4) is 0 Å². The highest BCUT2D eigenvalue weighted by atomic mass is 16.6. The maximum Gasteiger partial charge on any atom is 0.144 e. The van der Waals surface area contributed by atoms with Gasteiger partial charge in [0.2, 0.25) is 0 Å². The fraction of sp³-hybridized carbons (Fsp3) is 1.00. The molecule has 0 rings (SSSR count). The van der Waals surface area contributed by atoms with Crippen LogP contribution in [0.4, 0.5) is 0 Å². The van der Waals surface area contributed by atoms with Crippen LogP contribution in [-0.4, -0.2) is 42.4 Å². The Morgan fingerprint density at radius 2 is 1.82 bits per heavy atom. The van der Waals surface area contributed by atoms with Gasteiger partial charge in [-0.2, -0.15) is 0 Å². The summed E-state index contributed by atoms with van der Waals surface area (Å²) in [4.78, 5) is 0. The molecule has 0 amide bonds. The first-order valence-corrected chi connectivity index (χ1v) is 3.56. The van der Waals surface area contributed by atoms with E-state index in [1.54, 1.807) is 13.8 Å².